The van der Waals surface area contributed by atoms with Crippen LogP contribution in [0.2, 0.25) is 0 Å². The second-order valence-corrected chi connectivity index (χ2v) is 3.25. The number of ether oxygens (including phenoxy) is 2. The second-order valence-electron chi connectivity index (χ2n) is 3.25. The molecule has 1 atom stereocenters. The lowest BCUT2D eigenvalue weighted by atomic mass is 10.2. The van der Waals surface area contributed by atoms with Crippen molar-refractivity contribution in [2.45, 2.75) is 32.7 Å². The topological polar surface area (TPSA) is 18.5 Å². The fourth-order valence-corrected chi connectivity index (χ4v) is 1.47. The van der Waals surface area contributed by atoms with Crippen molar-refractivity contribution < 1.29 is 9.47 Å². The molecule has 0 saturated heterocycles. The Morgan fingerprint density at radius 3 is 3.08 bits per heavy atom. The minimum atomic E-state index is -0.0418. The Morgan fingerprint density at radius 2 is 2.23 bits per heavy atom. The van der Waals surface area contributed by atoms with Crippen LogP contribution in [0, 0.1) is 0 Å². The molecule has 2 heteroatoms. The zero-order valence-electron chi connectivity index (χ0n) is 7.82. The predicted molar refractivity (Wildman–Crippen MR) is 50.6 cm³/mol. The first-order valence-electron chi connectivity index (χ1n) is 4.76. The van der Waals surface area contributed by atoms with Gasteiger partial charge in [-0.15, -0.1) is 0 Å². The van der Waals surface area contributed by atoms with E-state index in [0.717, 1.165) is 24.2 Å². The van der Waals surface area contributed by atoms with Gasteiger partial charge >= 0.3 is 0 Å². The highest BCUT2D eigenvalue weighted by molar-refractivity contribution is 5.33. The normalized spacial score (nSPS) is 20.5. The van der Waals surface area contributed by atoms with E-state index in [0.29, 0.717) is 6.61 Å². The Morgan fingerprint density at radius 1 is 1.38 bits per heavy atom. The Bertz CT molecular complexity index is 283. The van der Waals surface area contributed by atoms with E-state index in [4.69, 9.17) is 9.47 Å². The van der Waals surface area contributed by atoms with Gasteiger partial charge in [0.05, 0.1) is 6.61 Å². The van der Waals surface area contributed by atoms with E-state index in [9.17, 15) is 0 Å². The first-order chi connectivity index (χ1) is 6.40. The largest absolute Gasteiger partial charge is 0.465 e. The van der Waals surface area contributed by atoms with Gasteiger partial charge < -0.3 is 9.47 Å². The van der Waals surface area contributed by atoms with Crippen molar-refractivity contribution in [2.24, 2.45) is 0 Å². The summed E-state index contributed by atoms with van der Waals surface area (Å²) in [4.78, 5) is 0. The van der Waals surface area contributed by atoms with E-state index < -0.39 is 0 Å². The van der Waals surface area contributed by atoms with Crippen LogP contribution in [-0.4, -0.2) is 6.29 Å². The molecule has 1 aliphatic rings. The van der Waals surface area contributed by atoms with Gasteiger partial charge in [0.2, 0.25) is 0 Å². The zero-order valence-corrected chi connectivity index (χ0v) is 7.82. The van der Waals surface area contributed by atoms with E-state index in [-0.39, 0.29) is 6.29 Å². The van der Waals surface area contributed by atoms with Crippen LogP contribution in [0.15, 0.2) is 24.3 Å². The summed E-state index contributed by atoms with van der Waals surface area (Å²) >= 11 is 0. The maximum atomic E-state index is 5.65. The van der Waals surface area contributed by atoms with Crippen LogP contribution in [0.4, 0.5) is 0 Å². The van der Waals surface area contributed by atoms with E-state index >= 15 is 0 Å². The average molecular weight is 178 g/mol. The average Bonchev–Trinajstić information content (AvgIpc) is 2.18. The summed E-state index contributed by atoms with van der Waals surface area (Å²) in [6, 6.07) is 8.04. The summed E-state index contributed by atoms with van der Waals surface area (Å²) < 4.78 is 11.2. The number of para-hydroxylation sites is 1. The molecule has 1 aromatic carbocycles. The number of benzene rings is 1. The molecular weight excluding hydrogens is 164 g/mol. The Balaban J connectivity index is 2.11. The van der Waals surface area contributed by atoms with Gasteiger partial charge in [-0.3, -0.25) is 0 Å². The highest BCUT2D eigenvalue weighted by atomic mass is 16.7. The smallest absolute Gasteiger partial charge is 0.200 e. The summed E-state index contributed by atoms with van der Waals surface area (Å²) in [6.07, 6.45) is 2.01. The molecule has 0 aliphatic carbocycles. The molecule has 1 aliphatic heterocycles. The van der Waals surface area contributed by atoms with Gasteiger partial charge in [-0.25, -0.2) is 0 Å². The fraction of sp³-hybridized carbons (Fsp3) is 0.455. The molecule has 13 heavy (non-hydrogen) atoms. The van der Waals surface area contributed by atoms with Crippen LogP contribution in [0.5, 0.6) is 5.75 Å². The van der Waals surface area contributed by atoms with Gasteiger partial charge in [-0.05, 0) is 6.07 Å². The fourth-order valence-electron chi connectivity index (χ4n) is 1.47. The summed E-state index contributed by atoms with van der Waals surface area (Å²) in [5, 5.41) is 0. The zero-order chi connectivity index (χ0) is 9.10. The number of rotatable bonds is 2. The standard InChI is InChI=1S/C11H14O2/c1-2-5-11-12-8-9-6-3-4-7-10(9)13-11/h3-4,6-7,11H,2,5,8H2,1H3. The van der Waals surface area contributed by atoms with E-state index in [1.54, 1.807) is 0 Å². The summed E-state index contributed by atoms with van der Waals surface area (Å²) in [5.74, 6) is 0.979. The third kappa shape index (κ3) is 1.83. The summed E-state index contributed by atoms with van der Waals surface area (Å²) in [5.41, 5.74) is 1.15. The third-order valence-corrected chi connectivity index (χ3v) is 2.18. The van der Waals surface area contributed by atoms with Gasteiger partial charge in [0.1, 0.15) is 5.75 Å². The Kier molecular flexibility index (Phi) is 2.50. The highest BCUT2D eigenvalue weighted by Gasteiger charge is 2.18. The van der Waals surface area contributed by atoms with E-state index in [1.807, 2.05) is 24.3 Å². The van der Waals surface area contributed by atoms with Gasteiger partial charge in [0, 0.05) is 12.0 Å². The number of hydrogen-bond donors (Lipinski definition) is 0. The molecule has 0 bridgehead atoms. The first kappa shape index (κ1) is 8.57. The van der Waals surface area contributed by atoms with Crippen molar-refractivity contribution in [3.63, 3.8) is 0 Å². The van der Waals surface area contributed by atoms with Gasteiger partial charge in [-0.2, -0.15) is 0 Å². The highest BCUT2D eigenvalue weighted by Crippen LogP contribution is 2.26. The lowest BCUT2D eigenvalue weighted by Crippen LogP contribution is -2.24. The van der Waals surface area contributed by atoms with E-state index in [2.05, 4.69) is 6.92 Å². The van der Waals surface area contributed by atoms with Gasteiger partial charge in [0.25, 0.3) is 0 Å². The molecular formula is C11H14O2. The van der Waals surface area contributed by atoms with Crippen molar-refractivity contribution in [3.8, 4) is 5.75 Å². The summed E-state index contributed by atoms with van der Waals surface area (Å²) in [7, 11) is 0. The SMILES string of the molecule is CCCC1OCc2ccccc2O1. The van der Waals surface area contributed by atoms with Crippen LogP contribution < -0.4 is 4.74 Å². The molecule has 0 spiro atoms. The Labute approximate surface area is 78.5 Å². The van der Waals surface area contributed by atoms with Crippen molar-refractivity contribution in [2.75, 3.05) is 0 Å². The van der Waals surface area contributed by atoms with Crippen LogP contribution in [0.1, 0.15) is 25.3 Å². The molecule has 1 heterocycles. The lowest BCUT2D eigenvalue weighted by Gasteiger charge is -2.25. The quantitative estimate of drug-likeness (QED) is 0.693. The van der Waals surface area contributed by atoms with Crippen LogP contribution >= 0.6 is 0 Å². The van der Waals surface area contributed by atoms with Crippen molar-refractivity contribution in [1.82, 2.24) is 0 Å². The molecule has 2 rings (SSSR count). The molecule has 70 valence electrons. The lowest BCUT2D eigenvalue weighted by molar-refractivity contribution is -0.111. The Hall–Kier alpha value is -1.02. The molecule has 0 saturated carbocycles. The maximum absolute atomic E-state index is 5.65. The van der Waals surface area contributed by atoms with E-state index in [1.165, 1.54) is 0 Å². The molecule has 1 unspecified atom stereocenters. The molecule has 1 aromatic rings. The molecule has 2 nitrogen and oxygen atoms in total. The minimum absolute atomic E-state index is 0.0418. The van der Waals surface area contributed by atoms with Crippen LogP contribution in [0.25, 0.3) is 0 Å². The van der Waals surface area contributed by atoms with Crippen molar-refractivity contribution in [3.05, 3.63) is 29.8 Å². The second kappa shape index (κ2) is 3.79. The first-order valence-corrected chi connectivity index (χ1v) is 4.76. The predicted octanol–water partition coefficient (Wildman–Crippen LogP) is 2.72. The van der Waals surface area contributed by atoms with Crippen LogP contribution in [0.3, 0.4) is 0 Å². The molecule has 0 aromatic heterocycles. The van der Waals surface area contributed by atoms with Crippen molar-refractivity contribution in [1.29, 1.82) is 0 Å². The minimum Gasteiger partial charge on any atom is -0.465 e. The number of fused-ring (bicyclic) bond motifs is 1. The van der Waals surface area contributed by atoms with Crippen molar-refractivity contribution >= 4 is 0 Å². The monoisotopic (exact) mass is 178 g/mol. The van der Waals surface area contributed by atoms with Gasteiger partial charge in [0.15, 0.2) is 6.29 Å². The summed E-state index contributed by atoms with van der Waals surface area (Å²) in [6.45, 7) is 2.81. The van der Waals surface area contributed by atoms with Gasteiger partial charge in [-0.1, -0.05) is 31.5 Å². The number of hydrogen-bond acceptors (Lipinski definition) is 2. The maximum Gasteiger partial charge on any atom is 0.200 e. The molecule has 0 N–H and O–H groups in total. The molecule has 0 amide bonds. The third-order valence-electron chi connectivity index (χ3n) is 2.18. The van der Waals surface area contributed by atoms with Crippen LogP contribution in [-0.2, 0) is 11.3 Å². The molecule has 0 radical (unpaired) electrons. The molecule has 0 fully saturated rings.